The molecule has 25 heavy (non-hydrogen) atoms. The normalized spacial score (nSPS) is 11.3. The van der Waals surface area contributed by atoms with E-state index in [1.807, 2.05) is 0 Å². The smallest absolute Gasteiger partial charge is 0.283 e. The second-order valence-corrected chi connectivity index (χ2v) is 7.61. The number of para-hydroxylation sites is 1. The van der Waals surface area contributed by atoms with Crippen molar-refractivity contribution in [2.45, 2.75) is 4.90 Å². The van der Waals surface area contributed by atoms with Gasteiger partial charge in [-0.25, -0.2) is 0 Å². The van der Waals surface area contributed by atoms with E-state index in [0.717, 1.165) is 4.09 Å². The molecule has 0 saturated carbocycles. The molecule has 2 aromatic carbocycles. The Morgan fingerprint density at radius 1 is 1.04 bits per heavy atom. The maximum Gasteiger partial charge on any atom is 0.283 e. The summed E-state index contributed by atoms with van der Waals surface area (Å²) >= 11 is 11.8. The number of nitrogens with one attached hydrogen (secondary N) is 1. The Morgan fingerprint density at radius 3 is 2.52 bits per heavy atom. The fourth-order valence-corrected chi connectivity index (χ4v) is 3.64. The predicted molar refractivity (Wildman–Crippen MR) is 95.7 cm³/mol. The van der Waals surface area contributed by atoms with Gasteiger partial charge in [0.25, 0.3) is 15.9 Å². The monoisotopic (exact) mass is 395 g/mol. The van der Waals surface area contributed by atoms with Crippen LogP contribution in [0.4, 0.5) is 5.69 Å². The van der Waals surface area contributed by atoms with Gasteiger partial charge in [0.1, 0.15) is 0 Å². The van der Waals surface area contributed by atoms with Crippen LogP contribution in [0.3, 0.4) is 0 Å². The number of nitrogens with zero attached hydrogens (tertiary/aromatic N) is 2. The van der Waals surface area contributed by atoms with E-state index in [9.17, 15) is 13.2 Å². The summed E-state index contributed by atoms with van der Waals surface area (Å²) in [6.07, 6.45) is 1.19. The Morgan fingerprint density at radius 2 is 1.80 bits per heavy atom. The molecule has 3 rings (SSSR count). The van der Waals surface area contributed by atoms with E-state index in [0.29, 0.717) is 10.7 Å². The summed E-state index contributed by atoms with van der Waals surface area (Å²) in [4.78, 5) is 12.2. The first-order chi connectivity index (χ1) is 11.9. The van der Waals surface area contributed by atoms with E-state index in [1.54, 1.807) is 30.3 Å². The molecule has 1 aromatic heterocycles. The van der Waals surface area contributed by atoms with Gasteiger partial charge in [0, 0.05) is 11.2 Å². The van der Waals surface area contributed by atoms with E-state index >= 15 is 0 Å². The second kappa shape index (κ2) is 6.87. The van der Waals surface area contributed by atoms with Gasteiger partial charge < -0.3 is 5.32 Å². The van der Waals surface area contributed by atoms with Gasteiger partial charge in [-0.2, -0.15) is 17.6 Å². The maximum absolute atomic E-state index is 12.5. The Labute approximate surface area is 154 Å². The van der Waals surface area contributed by atoms with Crippen molar-refractivity contribution in [1.29, 1.82) is 0 Å². The van der Waals surface area contributed by atoms with Crippen molar-refractivity contribution in [2.24, 2.45) is 0 Å². The minimum absolute atomic E-state index is 0.0267. The molecule has 0 radical (unpaired) electrons. The van der Waals surface area contributed by atoms with Gasteiger partial charge in [-0.15, -0.1) is 0 Å². The van der Waals surface area contributed by atoms with Crippen molar-refractivity contribution in [3.63, 3.8) is 0 Å². The quantitative estimate of drug-likeness (QED) is 0.730. The highest BCUT2D eigenvalue weighted by Crippen LogP contribution is 2.21. The Kier molecular flexibility index (Phi) is 4.80. The summed E-state index contributed by atoms with van der Waals surface area (Å²) in [6, 6.07) is 13.8. The molecule has 0 saturated heterocycles. The molecular formula is C16H11Cl2N3O3S. The maximum atomic E-state index is 12.5. The molecule has 0 aliphatic rings. The first kappa shape index (κ1) is 17.5. The molecule has 1 amide bonds. The standard InChI is InChI=1S/C16H11Cl2N3O3S/c17-11-4-3-5-12(10-11)25(23,24)21-9-8-15(20-21)16(22)19-14-7-2-1-6-13(14)18/h1-10H,(H,19,22). The summed E-state index contributed by atoms with van der Waals surface area (Å²) in [7, 11) is -3.94. The van der Waals surface area contributed by atoms with Crippen LogP contribution in [0.15, 0.2) is 65.7 Å². The lowest BCUT2D eigenvalue weighted by Crippen LogP contribution is -2.17. The lowest BCUT2D eigenvalue weighted by Gasteiger charge is -2.06. The predicted octanol–water partition coefficient (Wildman–Crippen LogP) is 3.68. The summed E-state index contributed by atoms with van der Waals surface area (Å²) < 4.78 is 25.8. The van der Waals surface area contributed by atoms with Gasteiger partial charge in [-0.3, -0.25) is 4.79 Å². The Bertz CT molecular complexity index is 1050. The number of anilines is 1. The number of halogens is 2. The molecule has 1 heterocycles. The summed E-state index contributed by atoms with van der Waals surface area (Å²) in [5.74, 6) is -0.576. The van der Waals surface area contributed by atoms with Gasteiger partial charge in [-0.1, -0.05) is 41.4 Å². The fourth-order valence-electron chi connectivity index (χ4n) is 2.05. The second-order valence-electron chi connectivity index (χ2n) is 4.97. The molecule has 9 heteroatoms. The molecule has 3 aromatic rings. The molecule has 0 aliphatic heterocycles. The molecule has 0 atom stereocenters. The third kappa shape index (κ3) is 3.68. The SMILES string of the molecule is O=C(Nc1ccccc1Cl)c1ccn(S(=O)(=O)c2cccc(Cl)c2)n1. The van der Waals surface area contributed by atoms with Crippen LogP contribution in [0.25, 0.3) is 0 Å². The lowest BCUT2D eigenvalue weighted by molar-refractivity contribution is 0.102. The third-order valence-corrected chi connectivity index (χ3v) is 5.37. The van der Waals surface area contributed by atoms with Gasteiger partial charge >= 0.3 is 0 Å². The zero-order valence-electron chi connectivity index (χ0n) is 12.6. The van der Waals surface area contributed by atoms with Gasteiger partial charge in [0.2, 0.25) is 0 Å². The zero-order valence-corrected chi connectivity index (χ0v) is 14.9. The van der Waals surface area contributed by atoms with Crippen molar-refractivity contribution in [1.82, 2.24) is 9.19 Å². The Balaban J connectivity index is 1.87. The van der Waals surface area contributed by atoms with Crippen LogP contribution in [0, 0.1) is 0 Å². The van der Waals surface area contributed by atoms with Gasteiger partial charge in [-0.05, 0) is 36.4 Å². The van der Waals surface area contributed by atoms with Crippen LogP contribution in [-0.2, 0) is 10.0 Å². The van der Waals surface area contributed by atoms with E-state index in [4.69, 9.17) is 23.2 Å². The number of rotatable bonds is 4. The largest absolute Gasteiger partial charge is 0.319 e. The minimum Gasteiger partial charge on any atom is -0.319 e. The van der Waals surface area contributed by atoms with E-state index in [-0.39, 0.29) is 15.6 Å². The van der Waals surface area contributed by atoms with Crippen LogP contribution in [0.2, 0.25) is 10.0 Å². The van der Waals surface area contributed by atoms with Crippen molar-refractivity contribution in [3.05, 3.63) is 76.5 Å². The van der Waals surface area contributed by atoms with Crippen LogP contribution < -0.4 is 5.32 Å². The van der Waals surface area contributed by atoms with Gasteiger partial charge in [0.15, 0.2) is 5.69 Å². The number of amides is 1. The molecule has 0 unspecified atom stereocenters. The van der Waals surface area contributed by atoms with Crippen molar-refractivity contribution < 1.29 is 13.2 Å². The third-order valence-electron chi connectivity index (χ3n) is 3.26. The molecule has 6 nitrogen and oxygen atoms in total. The highest BCUT2D eigenvalue weighted by molar-refractivity contribution is 7.89. The number of carbonyl (C=O) groups excluding carboxylic acids is 1. The average Bonchev–Trinajstić information content (AvgIpc) is 3.08. The topological polar surface area (TPSA) is 81.1 Å². The average molecular weight is 396 g/mol. The van der Waals surface area contributed by atoms with Crippen LogP contribution in [-0.4, -0.2) is 23.5 Å². The highest BCUT2D eigenvalue weighted by atomic mass is 35.5. The fraction of sp³-hybridized carbons (Fsp3) is 0. The summed E-state index contributed by atoms with van der Waals surface area (Å²) in [5.41, 5.74) is 0.340. The molecule has 0 bridgehead atoms. The molecule has 0 spiro atoms. The molecule has 0 fully saturated rings. The van der Waals surface area contributed by atoms with Crippen LogP contribution in [0.5, 0.6) is 0 Å². The van der Waals surface area contributed by atoms with E-state index in [1.165, 1.54) is 30.5 Å². The minimum atomic E-state index is -3.94. The lowest BCUT2D eigenvalue weighted by atomic mass is 10.3. The molecule has 0 aliphatic carbocycles. The Hall–Kier alpha value is -2.35. The number of hydrogen-bond donors (Lipinski definition) is 1. The first-order valence-corrected chi connectivity index (χ1v) is 9.20. The highest BCUT2D eigenvalue weighted by Gasteiger charge is 2.20. The number of hydrogen-bond acceptors (Lipinski definition) is 4. The molecule has 128 valence electrons. The van der Waals surface area contributed by atoms with E-state index in [2.05, 4.69) is 10.4 Å². The number of aromatic nitrogens is 2. The van der Waals surface area contributed by atoms with Gasteiger partial charge in [0.05, 0.1) is 15.6 Å². The summed E-state index contributed by atoms with van der Waals surface area (Å²) in [6.45, 7) is 0. The number of carbonyl (C=O) groups is 1. The van der Waals surface area contributed by atoms with E-state index < -0.39 is 15.9 Å². The van der Waals surface area contributed by atoms with Crippen LogP contribution >= 0.6 is 23.2 Å². The molecular weight excluding hydrogens is 385 g/mol. The summed E-state index contributed by atoms with van der Waals surface area (Å²) in [5, 5.41) is 7.07. The van der Waals surface area contributed by atoms with Crippen molar-refractivity contribution >= 4 is 44.8 Å². The zero-order chi connectivity index (χ0) is 18.0. The van der Waals surface area contributed by atoms with Crippen LogP contribution in [0.1, 0.15) is 10.5 Å². The molecule has 1 N–H and O–H groups in total. The number of benzene rings is 2. The van der Waals surface area contributed by atoms with Crippen molar-refractivity contribution in [2.75, 3.05) is 5.32 Å². The van der Waals surface area contributed by atoms with Crippen molar-refractivity contribution in [3.8, 4) is 0 Å². The first-order valence-electron chi connectivity index (χ1n) is 7.00.